The number of halogens is 3. The number of nitrogens with one attached hydrogen (secondary N) is 2. The van der Waals surface area contributed by atoms with Gasteiger partial charge in [0, 0.05) is 13.1 Å². The maximum Gasteiger partial charge on any atom is 0.471 e. The molecule has 2 N–H and O–H groups in total. The summed E-state index contributed by atoms with van der Waals surface area (Å²) in [6.45, 7) is 3.35. The van der Waals surface area contributed by atoms with Crippen LogP contribution in [0.25, 0.3) is 0 Å². The average Bonchev–Trinajstić information content (AvgIpc) is 2.47. The van der Waals surface area contributed by atoms with Gasteiger partial charge in [0.2, 0.25) is 0 Å². The topological polar surface area (TPSA) is 41.1 Å². The second kappa shape index (κ2) is 3.76. The maximum atomic E-state index is 11.8. The Hall–Kier alpha value is -0.780. The molecule has 0 spiro atoms. The first-order chi connectivity index (χ1) is 6.33. The first-order valence-corrected chi connectivity index (χ1v) is 4.39. The zero-order valence-corrected chi connectivity index (χ0v) is 7.87. The van der Waals surface area contributed by atoms with Gasteiger partial charge in [-0.3, -0.25) is 4.79 Å². The van der Waals surface area contributed by atoms with Crippen LogP contribution in [0.15, 0.2) is 0 Å². The van der Waals surface area contributed by atoms with Gasteiger partial charge in [-0.05, 0) is 18.4 Å². The van der Waals surface area contributed by atoms with E-state index in [1.807, 2.05) is 12.2 Å². The van der Waals surface area contributed by atoms with E-state index in [2.05, 4.69) is 5.32 Å². The number of amides is 1. The van der Waals surface area contributed by atoms with E-state index in [-0.39, 0.29) is 12.0 Å². The molecule has 0 aliphatic carbocycles. The van der Waals surface area contributed by atoms with Crippen molar-refractivity contribution in [3.63, 3.8) is 0 Å². The first kappa shape index (κ1) is 11.3. The molecule has 0 radical (unpaired) electrons. The molecule has 1 aliphatic heterocycles. The van der Waals surface area contributed by atoms with Crippen molar-refractivity contribution in [1.82, 2.24) is 10.6 Å². The smallest absolute Gasteiger partial charge is 0.348 e. The fraction of sp³-hybridized carbons (Fsp3) is 0.875. The lowest BCUT2D eigenvalue weighted by atomic mass is 9.90. The lowest BCUT2D eigenvalue weighted by Gasteiger charge is -2.23. The van der Waals surface area contributed by atoms with Crippen molar-refractivity contribution >= 4 is 5.91 Å². The predicted molar refractivity (Wildman–Crippen MR) is 44.7 cm³/mol. The minimum Gasteiger partial charge on any atom is -0.348 e. The Morgan fingerprint density at radius 1 is 1.57 bits per heavy atom. The summed E-state index contributed by atoms with van der Waals surface area (Å²) in [4.78, 5) is 10.5. The molecule has 82 valence electrons. The van der Waals surface area contributed by atoms with Crippen LogP contribution in [0.4, 0.5) is 13.2 Å². The monoisotopic (exact) mass is 210 g/mol. The molecule has 1 saturated heterocycles. The molecule has 0 saturated carbocycles. The lowest BCUT2D eigenvalue weighted by molar-refractivity contribution is -0.174. The summed E-state index contributed by atoms with van der Waals surface area (Å²) in [5.74, 6) is -1.86. The van der Waals surface area contributed by atoms with Crippen LogP contribution in [-0.4, -0.2) is 31.7 Å². The number of alkyl halides is 3. The van der Waals surface area contributed by atoms with Crippen LogP contribution in [0.3, 0.4) is 0 Å². The van der Waals surface area contributed by atoms with E-state index in [1.165, 1.54) is 0 Å². The molecule has 1 unspecified atom stereocenters. The molecular weight excluding hydrogens is 197 g/mol. The third-order valence-corrected chi connectivity index (χ3v) is 2.39. The Morgan fingerprint density at radius 2 is 2.21 bits per heavy atom. The van der Waals surface area contributed by atoms with Crippen molar-refractivity contribution < 1.29 is 18.0 Å². The van der Waals surface area contributed by atoms with Gasteiger partial charge in [0.1, 0.15) is 0 Å². The van der Waals surface area contributed by atoms with E-state index >= 15 is 0 Å². The summed E-state index contributed by atoms with van der Waals surface area (Å²) >= 11 is 0. The molecule has 1 heterocycles. The van der Waals surface area contributed by atoms with Crippen LogP contribution >= 0.6 is 0 Å². The maximum absolute atomic E-state index is 11.8. The van der Waals surface area contributed by atoms with Gasteiger partial charge < -0.3 is 10.6 Å². The van der Waals surface area contributed by atoms with Gasteiger partial charge in [0.25, 0.3) is 0 Å². The molecule has 0 aromatic heterocycles. The van der Waals surface area contributed by atoms with E-state index in [4.69, 9.17) is 0 Å². The highest BCUT2D eigenvalue weighted by atomic mass is 19.4. The number of hydrogen-bond acceptors (Lipinski definition) is 2. The highest BCUT2D eigenvalue weighted by Gasteiger charge is 2.40. The summed E-state index contributed by atoms with van der Waals surface area (Å²) in [6.07, 6.45) is -3.99. The summed E-state index contributed by atoms with van der Waals surface area (Å²) in [6, 6.07) is 0. The average molecular weight is 210 g/mol. The Morgan fingerprint density at radius 3 is 2.64 bits per heavy atom. The highest BCUT2D eigenvalue weighted by Crippen LogP contribution is 2.23. The summed E-state index contributed by atoms with van der Waals surface area (Å²) in [5, 5.41) is 4.94. The van der Waals surface area contributed by atoms with Crippen molar-refractivity contribution in [3.8, 4) is 0 Å². The predicted octanol–water partition coefficient (Wildman–Crippen LogP) is 0.664. The van der Waals surface area contributed by atoms with Crippen LogP contribution in [0.1, 0.15) is 13.3 Å². The molecule has 0 aromatic carbocycles. The molecular formula is C8H13F3N2O. The van der Waals surface area contributed by atoms with Crippen LogP contribution in [0.5, 0.6) is 0 Å². The van der Waals surface area contributed by atoms with Crippen LogP contribution in [0.2, 0.25) is 0 Å². The van der Waals surface area contributed by atoms with Crippen LogP contribution < -0.4 is 10.6 Å². The van der Waals surface area contributed by atoms with E-state index in [9.17, 15) is 18.0 Å². The van der Waals surface area contributed by atoms with Crippen molar-refractivity contribution in [2.45, 2.75) is 19.5 Å². The van der Waals surface area contributed by atoms with Gasteiger partial charge in [-0.2, -0.15) is 13.2 Å². The molecule has 14 heavy (non-hydrogen) atoms. The van der Waals surface area contributed by atoms with Gasteiger partial charge in [-0.25, -0.2) is 0 Å². The number of carbonyl (C=O) groups excluding carboxylic acids is 1. The molecule has 0 aromatic rings. The third kappa shape index (κ3) is 2.87. The van der Waals surface area contributed by atoms with E-state index in [1.54, 1.807) is 0 Å². The molecule has 1 amide bonds. The van der Waals surface area contributed by atoms with E-state index < -0.39 is 12.1 Å². The second-order valence-corrected chi connectivity index (χ2v) is 3.92. The standard InChI is InChI=1S/C8H13F3N2O/c1-7(2-3-12-4-7)5-13-6(14)8(9,10)11/h12H,2-5H2,1H3,(H,13,14). The molecule has 1 rings (SSSR count). The van der Waals surface area contributed by atoms with Gasteiger partial charge in [-0.15, -0.1) is 0 Å². The largest absolute Gasteiger partial charge is 0.471 e. The van der Waals surface area contributed by atoms with E-state index in [0.717, 1.165) is 13.0 Å². The Bertz CT molecular complexity index is 221. The number of rotatable bonds is 2. The zero-order valence-electron chi connectivity index (χ0n) is 7.87. The quantitative estimate of drug-likeness (QED) is 0.703. The minimum absolute atomic E-state index is 0.0678. The Labute approximate surface area is 80.0 Å². The zero-order chi connectivity index (χ0) is 10.8. The van der Waals surface area contributed by atoms with Crippen molar-refractivity contribution in [1.29, 1.82) is 0 Å². The molecule has 1 atom stereocenters. The summed E-state index contributed by atoms with van der Waals surface area (Å²) < 4.78 is 35.5. The lowest BCUT2D eigenvalue weighted by Crippen LogP contribution is -2.43. The molecule has 0 bridgehead atoms. The van der Waals surface area contributed by atoms with Crippen molar-refractivity contribution in [2.75, 3.05) is 19.6 Å². The molecule has 1 aliphatic rings. The number of carbonyl (C=O) groups is 1. The summed E-state index contributed by atoms with van der Waals surface area (Å²) in [5.41, 5.74) is -0.249. The second-order valence-electron chi connectivity index (χ2n) is 3.92. The fourth-order valence-corrected chi connectivity index (χ4v) is 1.41. The highest BCUT2D eigenvalue weighted by molar-refractivity contribution is 5.81. The molecule has 3 nitrogen and oxygen atoms in total. The summed E-state index contributed by atoms with van der Waals surface area (Å²) in [7, 11) is 0. The Balaban J connectivity index is 2.37. The van der Waals surface area contributed by atoms with Gasteiger partial charge in [0.05, 0.1) is 0 Å². The SMILES string of the molecule is CC1(CNC(=O)C(F)(F)F)CCNC1. The van der Waals surface area contributed by atoms with Crippen LogP contribution in [-0.2, 0) is 4.79 Å². The molecule has 6 heteroatoms. The molecule has 1 fully saturated rings. The normalized spacial score (nSPS) is 27.7. The third-order valence-electron chi connectivity index (χ3n) is 2.39. The van der Waals surface area contributed by atoms with Gasteiger partial charge in [-0.1, -0.05) is 6.92 Å². The fourth-order valence-electron chi connectivity index (χ4n) is 1.41. The minimum atomic E-state index is -4.78. The first-order valence-electron chi connectivity index (χ1n) is 4.39. The van der Waals surface area contributed by atoms with Gasteiger partial charge in [0.15, 0.2) is 0 Å². The Kier molecular flexibility index (Phi) is 3.04. The van der Waals surface area contributed by atoms with Gasteiger partial charge >= 0.3 is 12.1 Å². The van der Waals surface area contributed by atoms with Crippen molar-refractivity contribution in [3.05, 3.63) is 0 Å². The van der Waals surface area contributed by atoms with Crippen molar-refractivity contribution in [2.24, 2.45) is 5.41 Å². The number of hydrogen-bond donors (Lipinski definition) is 2. The van der Waals surface area contributed by atoms with Crippen LogP contribution in [0, 0.1) is 5.41 Å². The van der Waals surface area contributed by atoms with E-state index in [0.29, 0.717) is 6.54 Å².